The summed E-state index contributed by atoms with van der Waals surface area (Å²) in [6, 6.07) is 19.8. The maximum Gasteiger partial charge on any atom is 0.274 e. The van der Waals surface area contributed by atoms with Crippen LogP contribution in [-0.2, 0) is 43.9 Å². The predicted molar refractivity (Wildman–Crippen MR) is 282 cm³/mol. The van der Waals surface area contributed by atoms with Gasteiger partial charge in [-0.15, -0.1) is 0 Å². The molecule has 2 saturated heterocycles. The van der Waals surface area contributed by atoms with Gasteiger partial charge in [-0.05, 0) is 109 Å². The molecule has 394 valence electrons. The number of amides is 4. The number of aliphatic hydroxyl groups excluding tert-OH is 1. The largest absolute Gasteiger partial charge is 0.392 e. The maximum atomic E-state index is 15.4. The zero-order valence-electron chi connectivity index (χ0n) is 42.2. The van der Waals surface area contributed by atoms with Crippen LogP contribution in [0.25, 0.3) is 27.6 Å². The van der Waals surface area contributed by atoms with Gasteiger partial charge in [0, 0.05) is 89.3 Å². The summed E-state index contributed by atoms with van der Waals surface area (Å²) in [5, 5.41) is 16.6. The fraction of sp³-hybridized carbons (Fsp3) is 0.368. The number of piperidine rings is 1. The summed E-state index contributed by atoms with van der Waals surface area (Å²) in [5.41, 5.74) is 4.54. The quantitative estimate of drug-likeness (QED) is 0.0597. The van der Waals surface area contributed by atoms with Gasteiger partial charge in [-0.1, -0.05) is 30.3 Å². The molecule has 4 aliphatic rings. The lowest BCUT2D eigenvalue weighted by molar-refractivity contribution is -0.136. The number of anilines is 3. The summed E-state index contributed by atoms with van der Waals surface area (Å²) in [7, 11) is 1.64. The van der Waals surface area contributed by atoms with Crippen LogP contribution in [0, 0.1) is 5.82 Å². The van der Waals surface area contributed by atoms with Crippen molar-refractivity contribution in [2.75, 3.05) is 69.4 Å². The molecular formula is C57H59FN8O10. The number of hydrogen-bond acceptors (Lipinski definition) is 14. The molecule has 1 aliphatic carbocycles. The number of hydrogen-bond donors (Lipinski definition) is 3. The molecule has 1 atom stereocenters. The van der Waals surface area contributed by atoms with Gasteiger partial charge < -0.3 is 29.4 Å². The third-order valence-electron chi connectivity index (χ3n) is 14.7. The molecule has 6 aromatic rings. The van der Waals surface area contributed by atoms with Crippen LogP contribution in [-0.4, -0.2) is 124 Å². The molecule has 3 aliphatic heterocycles. The van der Waals surface area contributed by atoms with Gasteiger partial charge in [0.15, 0.2) is 5.78 Å². The number of piperazine rings is 1. The van der Waals surface area contributed by atoms with Crippen LogP contribution in [0.15, 0.2) is 101 Å². The number of carbonyl (C=O) groups is 5. The predicted octanol–water partition coefficient (Wildman–Crippen LogP) is 5.54. The summed E-state index contributed by atoms with van der Waals surface area (Å²) in [5.74, 6) is -1.96. The molecule has 3 N–H and O–H groups in total. The third-order valence-corrected chi connectivity index (χ3v) is 14.7. The number of carbonyl (C=O) groups excluding carboxylic acids is 5. The van der Waals surface area contributed by atoms with Crippen molar-refractivity contribution in [1.82, 2.24) is 29.2 Å². The third kappa shape index (κ3) is 11.0. The number of aryl methyl sites for hydroxylation is 2. The number of imide groups is 2. The van der Waals surface area contributed by atoms with Gasteiger partial charge in [0.05, 0.1) is 47.3 Å². The van der Waals surface area contributed by atoms with Gasteiger partial charge in [-0.2, -0.15) is 0 Å². The Labute approximate surface area is 437 Å². The van der Waals surface area contributed by atoms with Crippen molar-refractivity contribution in [3.63, 3.8) is 0 Å². The van der Waals surface area contributed by atoms with Crippen LogP contribution < -0.4 is 26.7 Å². The number of pyridine rings is 3. The van der Waals surface area contributed by atoms with Gasteiger partial charge in [-0.3, -0.25) is 53.2 Å². The number of ketones is 1. The first-order valence-electron chi connectivity index (χ1n) is 25.9. The van der Waals surface area contributed by atoms with E-state index in [4.69, 9.17) is 9.47 Å². The number of fused-ring (bicyclic) bond motifs is 2. The Morgan fingerprint density at radius 2 is 1.64 bits per heavy atom. The number of rotatable bonds is 21. The van der Waals surface area contributed by atoms with Gasteiger partial charge in [0.2, 0.25) is 11.8 Å². The zero-order valence-corrected chi connectivity index (χ0v) is 42.2. The first-order valence-corrected chi connectivity index (χ1v) is 25.9. The highest BCUT2D eigenvalue weighted by Crippen LogP contribution is 2.41. The molecule has 10 rings (SSSR count). The standard InChI is InChI=1S/C57H59FN8O10/c1-62-32-39(42-9-3-11-47(44(42)33-67)65-19-18-37-28-38(35-12-13-35)29-45(58)52(37)56(65)73)30-46(55(62)72)60-49-16-14-40(31-59-49)64-22-20-63(21-23-64)24-27-75-25-5-8-41(68)34-76-26-4-7-36-6-2-10-43-51(36)57(74)66(54(43)71)48-15-17-50(69)61-53(48)70/h2-3,6,9-11,14,16,18-19,28-32,35,48,67H,4-5,7-8,12-13,15,17,20-27,33-34H2,1H3,(H,59,60)(H,61,69,70). The second kappa shape index (κ2) is 22.6. The topological polar surface area (TPSA) is 215 Å². The Morgan fingerprint density at radius 3 is 2.41 bits per heavy atom. The highest BCUT2D eigenvalue weighted by molar-refractivity contribution is 6.24. The lowest BCUT2D eigenvalue weighted by Gasteiger charge is -2.35. The van der Waals surface area contributed by atoms with E-state index in [0.29, 0.717) is 84.0 Å². The van der Waals surface area contributed by atoms with Gasteiger partial charge in [0.1, 0.15) is 30.0 Å². The number of Topliss-reactive ketones (excluding diaryl/α,β-unsaturated/α-hetero) is 1. The van der Waals surface area contributed by atoms with E-state index in [0.717, 1.165) is 61.7 Å². The molecule has 3 aromatic carbocycles. The van der Waals surface area contributed by atoms with Crippen molar-refractivity contribution in [3.05, 3.63) is 146 Å². The van der Waals surface area contributed by atoms with Crippen LogP contribution in [0.3, 0.4) is 0 Å². The average Bonchev–Trinajstić information content (AvgIpc) is 4.25. The van der Waals surface area contributed by atoms with Crippen molar-refractivity contribution in [2.45, 2.75) is 69.9 Å². The molecule has 6 heterocycles. The second-order valence-corrected chi connectivity index (χ2v) is 19.8. The van der Waals surface area contributed by atoms with Gasteiger partial charge >= 0.3 is 0 Å². The van der Waals surface area contributed by atoms with E-state index in [-0.39, 0.29) is 59.6 Å². The smallest absolute Gasteiger partial charge is 0.274 e. The summed E-state index contributed by atoms with van der Waals surface area (Å²) in [6.07, 6.45) is 9.07. The van der Waals surface area contributed by atoms with Gasteiger partial charge in [-0.25, -0.2) is 9.37 Å². The maximum absolute atomic E-state index is 15.4. The molecule has 0 spiro atoms. The highest BCUT2D eigenvalue weighted by atomic mass is 19.1. The van der Waals surface area contributed by atoms with Crippen molar-refractivity contribution in [3.8, 4) is 16.8 Å². The van der Waals surface area contributed by atoms with Crippen molar-refractivity contribution in [1.29, 1.82) is 0 Å². The normalized spacial score (nSPS) is 16.9. The SMILES string of the molecule is Cn1cc(-c2cccc(-n3ccc4cc(C5CC5)cc(F)c4c3=O)c2CO)cc(Nc2ccc(N3CCN(CCOCCCC(=O)COCCCc4cccc5c4C(=O)N(C4CCC(=O)NC4=O)C5=O)CC3)cn2)c1=O. The highest BCUT2D eigenvalue weighted by Gasteiger charge is 2.45. The number of nitrogens with zero attached hydrogens (tertiary/aromatic N) is 6. The van der Waals surface area contributed by atoms with Crippen molar-refractivity contribution in [2.24, 2.45) is 7.05 Å². The number of benzene rings is 3. The molecule has 0 bridgehead atoms. The van der Waals surface area contributed by atoms with Gasteiger partial charge in [0.25, 0.3) is 22.9 Å². The lowest BCUT2D eigenvalue weighted by Crippen LogP contribution is -2.54. The molecule has 0 radical (unpaired) electrons. The first-order chi connectivity index (χ1) is 36.9. The van der Waals surface area contributed by atoms with Crippen LogP contribution in [0.4, 0.5) is 21.6 Å². The average molecular weight is 1040 g/mol. The van der Waals surface area contributed by atoms with E-state index >= 15 is 4.39 Å². The Morgan fingerprint density at radius 1 is 0.855 bits per heavy atom. The van der Waals surface area contributed by atoms with Crippen LogP contribution in [0.2, 0.25) is 0 Å². The fourth-order valence-corrected chi connectivity index (χ4v) is 10.5. The Kier molecular flexibility index (Phi) is 15.4. The molecule has 1 saturated carbocycles. The van der Waals surface area contributed by atoms with Crippen molar-refractivity contribution < 1.29 is 42.9 Å². The zero-order chi connectivity index (χ0) is 53.0. The molecule has 1 unspecified atom stereocenters. The second-order valence-electron chi connectivity index (χ2n) is 19.8. The Hall–Kier alpha value is -7.71. The van der Waals surface area contributed by atoms with Crippen LogP contribution >= 0.6 is 0 Å². The molecule has 18 nitrogen and oxygen atoms in total. The first kappa shape index (κ1) is 51.8. The summed E-state index contributed by atoms with van der Waals surface area (Å²) >= 11 is 0. The van der Waals surface area contributed by atoms with Crippen LogP contribution in [0.1, 0.15) is 88.3 Å². The fourth-order valence-electron chi connectivity index (χ4n) is 10.5. The number of nitrogens with one attached hydrogen (secondary N) is 2. The van der Waals surface area contributed by atoms with E-state index in [2.05, 4.69) is 25.4 Å². The summed E-state index contributed by atoms with van der Waals surface area (Å²) in [6.45, 7) is 4.81. The minimum Gasteiger partial charge on any atom is -0.392 e. The molecule has 76 heavy (non-hydrogen) atoms. The number of ether oxygens (including phenoxy) is 2. The Bertz CT molecular complexity index is 3360. The molecule has 3 fully saturated rings. The summed E-state index contributed by atoms with van der Waals surface area (Å²) in [4.78, 5) is 100. The van der Waals surface area contributed by atoms with Crippen molar-refractivity contribution >= 4 is 57.4 Å². The lowest BCUT2D eigenvalue weighted by atomic mass is 9.98. The van der Waals surface area contributed by atoms with E-state index in [1.54, 1.807) is 68.1 Å². The Balaban J connectivity index is 0.641. The van der Waals surface area contributed by atoms with Crippen LogP contribution in [0.5, 0.6) is 0 Å². The monoisotopic (exact) mass is 1030 g/mol. The number of halogens is 1. The minimum absolute atomic E-state index is 0.00463. The summed E-state index contributed by atoms with van der Waals surface area (Å²) < 4.78 is 29.7. The van der Waals surface area contributed by atoms with E-state index in [1.165, 1.54) is 15.2 Å². The molecule has 4 amide bonds. The number of aromatic nitrogens is 3. The molecular weight excluding hydrogens is 976 g/mol. The van der Waals surface area contributed by atoms with E-state index in [1.807, 2.05) is 24.3 Å². The molecule has 19 heteroatoms. The number of aliphatic hydroxyl groups is 1. The molecule has 3 aromatic heterocycles. The van der Waals surface area contributed by atoms with E-state index < -0.39 is 47.7 Å². The van der Waals surface area contributed by atoms with E-state index in [9.17, 15) is 38.7 Å². The minimum atomic E-state index is -1.03.